The van der Waals surface area contributed by atoms with Gasteiger partial charge in [-0.05, 0) is 26.2 Å². The van der Waals surface area contributed by atoms with E-state index in [4.69, 9.17) is 4.74 Å². The molecule has 0 aromatic heterocycles. The van der Waals surface area contributed by atoms with Gasteiger partial charge in [-0.2, -0.15) is 0 Å². The molecular weight excluding hydrogens is 316 g/mol. The Morgan fingerprint density at radius 1 is 1.20 bits per heavy atom. The minimum absolute atomic E-state index is 0.0746. The largest absolute Gasteiger partial charge is 0.379 e. The molecule has 0 bridgehead atoms. The molecule has 1 N–H and O–H groups in total. The fraction of sp³-hybridized carbons (Fsp3) is 0.524. The van der Waals surface area contributed by atoms with Gasteiger partial charge in [0.1, 0.15) is 0 Å². The van der Waals surface area contributed by atoms with Crippen LogP contribution in [0.1, 0.15) is 56.8 Å². The number of ketones is 2. The molecule has 0 aliphatic carbocycles. The highest BCUT2D eigenvalue weighted by Gasteiger charge is 2.44. The van der Waals surface area contributed by atoms with E-state index in [1.165, 1.54) is 6.92 Å². The first kappa shape index (κ1) is 19.5. The van der Waals surface area contributed by atoms with E-state index >= 15 is 0 Å². The van der Waals surface area contributed by atoms with Crippen molar-refractivity contribution in [1.29, 1.82) is 0 Å². The summed E-state index contributed by atoms with van der Waals surface area (Å²) in [5.74, 6) is -1.05. The van der Waals surface area contributed by atoms with Gasteiger partial charge < -0.3 is 9.84 Å². The summed E-state index contributed by atoms with van der Waals surface area (Å²) in [5.41, 5.74) is -1.47. The van der Waals surface area contributed by atoms with Crippen molar-refractivity contribution >= 4 is 11.6 Å². The van der Waals surface area contributed by atoms with Gasteiger partial charge in [-0.1, -0.05) is 56.3 Å². The molecule has 2 rings (SSSR count). The average molecular weight is 344 g/mol. The van der Waals surface area contributed by atoms with Crippen LogP contribution < -0.4 is 0 Å². The van der Waals surface area contributed by atoms with Crippen LogP contribution in [-0.2, 0) is 9.53 Å². The van der Waals surface area contributed by atoms with Gasteiger partial charge >= 0.3 is 0 Å². The third kappa shape index (κ3) is 4.25. The van der Waals surface area contributed by atoms with Gasteiger partial charge in [0.05, 0.1) is 12.2 Å². The van der Waals surface area contributed by atoms with Gasteiger partial charge in [0.2, 0.25) is 0 Å². The lowest BCUT2D eigenvalue weighted by Crippen LogP contribution is -2.52. The van der Waals surface area contributed by atoms with Crippen molar-refractivity contribution in [1.82, 2.24) is 0 Å². The Balaban J connectivity index is 2.29. The standard InChI is InChI=1S/C21H28O4/c1-4-20(5-2)13-9-12-18(21(24,15-25-20)16(3)22)14-19(23)17-10-7-6-8-11-17/h6-12,18,24H,4-5,13-15H2,1-3H3/b12-9-/t18-,21+/m1/s1. The van der Waals surface area contributed by atoms with Crippen LogP contribution in [-0.4, -0.2) is 34.5 Å². The first-order valence-electron chi connectivity index (χ1n) is 8.99. The van der Waals surface area contributed by atoms with Gasteiger partial charge in [0, 0.05) is 17.9 Å². The number of benzene rings is 1. The quantitative estimate of drug-likeness (QED) is 0.631. The molecule has 1 aromatic rings. The van der Waals surface area contributed by atoms with Crippen LogP contribution in [0.15, 0.2) is 42.5 Å². The Labute approximate surface area is 149 Å². The van der Waals surface area contributed by atoms with Crippen molar-refractivity contribution in [3.05, 3.63) is 48.0 Å². The number of Topliss-reactive ketones (excluding diaryl/α,β-unsaturated/α-hetero) is 2. The van der Waals surface area contributed by atoms with Crippen LogP contribution in [0.2, 0.25) is 0 Å². The van der Waals surface area contributed by atoms with Crippen LogP contribution in [0.3, 0.4) is 0 Å². The first-order valence-corrected chi connectivity index (χ1v) is 8.99. The molecule has 1 aliphatic rings. The highest BCUT2D eigenvalue weighted by atomic mass is 16.5. The van der Waals surface area contributed by atoms with Gasteiger partial charge in [-0.15, -0.1) is 0 Å². The number of hydrogen-bond acceptors (Lipinski definition) is 4. The maximum Gasteiger partial charge on any atom is 0.164 e. The highest BCUT2D eigenvalue weighted by molar-refractivity contribution is 5.97. The van der Waals surface area contributed by atoms with E-state index in [-0.39, 0.29) is 30.2 Å². The molecule has 1 heterocycles. The Morgan fingerprint density at radius 2 is 1.84 bits per heavy atom. The van der Waals surface area contributed by atoms with E-state index in [2.05, 4.69) is 0 Å². The Kier molecular flexibility index (Phi) is 6.31. The fourth-order valence-electron chi connectivity index (χ4n) is 3.32. The molecule has 0 amide bonds. The predicted octanol–water partition coefficient (Wildman–Crippen LogP) is 3.73. The number of rotatable bonds is 6. The van der Waals surface area contributed by atoms with Crippen molar-refractivity contribution in [3.63, 3.8) is 0 Å². The topological polar surface area (TPSA) is 63.6 Å². The molecule has 1 aromatic carbocycles. The molecule has 0 unspecified atom stereocenters. The Morgan fingerprint density at radius 3 is 2.40 bits per heavy atom. The van der Waals surface area contributed by atoms with E-state index in [0.29, 0.717) is 12.0 Å². The number of hydrogen-bond donors (Lipinski definition) is 1. The Hall–Kier alpha value is -1.78. The molecule has 2 atom stereocenters. The summed E-state index contributed by atoms with van der Waals surface area (Å²) in [5, 5.41) is 11.1. The molecule has 136 valence electrons. The molecule has 0 radical (unpaired) electrons. The predicted molar refractivity (Wildman–Crippen MR) is 97.5 cm³/mol. The molecule has 4 nitrogen and oxygen atoms in total. The van der Waals surface area contributed by atoms with Crippen molar-refractivity contribution in [2.75, 3.05) is 6.61 Å². The lowest BCUT2D eigenvalue weighted by molar-refractivity contribution is -0.163. The second-order valence-electron chi connectivity index (χ2n) is 6.89. The number of carbonyl (C=O) groups excluding carboxylic acids is 2. The SMILES string of the molecule is CCC1(CC)C/C=C\[C@H](CC(=O)c2ccccc2)[C@@](O)(C(C)=O)CO1. The third-order valence-corrected chi connectivity index (χ3v) is 5.47. The van der Waals surface area contributed by atoms with Crippen LogP contribution in [0, 0.1) is 5.92 Å². The van der Waals surface area contributed by atoms with Crippen molar-refractivity contribution in [2.45, 2.75) is 57.7 Å². The van der Waals surface area contributed by atoms with Gasteiger partial charge in [-0.25, -0.2) is 0 Å². The normalized spacial score (nSPS) is 27.1. The monoisotopic (exact) mass is 344 g/mol. The van der Waals surface area contributed by atoms with Gasteiger partial charge in [0.15, 0.2) is 17.2 Å². The van der Waals surface area contributed by atoms with Crippen LogP contribution >= 0.6 is 0 Å². The maximum atomic E-state index is 12.6. The maximum absolute atomic E-state index is 12.6. The Bertz CT molecular complexity index is 631. The number of ether oxygens (including phenoxy) is 1. The van der Waals surface area contributed by atoms with E-state index < -0.39 is 11.5 Å². The smallest absolute Gasteiger partial charge is 0.164 e. The summed E-state index contributed by atoms with van der Waals surface area (Å²) in [6, 6.07) is 8.95. The van der Waals surface area contributed by atoms with Crippen LogP contribution in [0.4, 0.5) is 0 Å². The second-order valence-corrected chi connectivity index (χ2v) is 6.89. The van der Waals surface area contributed by atoms with E-state index in [1.54, 1.807) is 24.3 Å². The van der Waals surface area contributed by atoms with Gasteiger partial charge in [0.25, 0.3) is 0 Å². The zero-order valence-corrected chi connectivity index (χ0v) is 15.3. The highest BCUT2D eigenvalue weighted by Crippen LogP contribution is 2.34. The molecule has 0 saturated heterocycles. The molecule has 25 heavy (non-hydrogen) atoms. The summed E-state index contributed by atoms with van der Waals surface area (Å²) in [4.78, 5) is 24.8. The zero-order chi connectivity index (χ0) is 18.5. The molecule has 4 heteroatoms. The zero-order valence-electron chi connectivity index (χ0n) is 15.3. The van der Waals surface area contributed by atoms with Crippen LogP contribution in [0.5, 0.6) is 0 Å². The second kappa shape index (κ2) is 8.07. The summed E-state index contributed by atoms with van der Waals surface area (Å²) in [6.07, 6.45) is 6.16. The minimum atomic E-state index is -1.68. The minimum Gasteiger partial charge on any atom is -0.379 e. The molecule has 0 fully saturated rings. The summed E-state index contributed by atoms with van der Waals surface area (Å²) < 4.78 is 6.03. The van der Waals surface area contributed by atoms with Crippen LogP contribution in [0.25, 0.3) is 0 Å². The summed E-state index contributed by atoms with van der Waals surface area (Å²) >= 11 is 0. The number of aliphatic hydroxyl groups is 1. The fourth-order valence-corrected chi connectivity index (χ4v) is 3.32. The summed E-state index contributed by atoms with van der Waals surface area (Å²) in [6.45, 7) is 5.36. The van der Waals surface area contributed by atoms with Crippen molar-refractivity contribution < 1.29 is 19.4 Å². The first-order chi connectivity index (χ1) is 11.9. The van der Waals surface area contributed by atoms with E-state index in [1.807, 2.05) is 32.1 Å². The molecule has 0 spiro atoms. The molecule has 1 aliphatic heterocycles. The van der Waals surface area contributed by atoms with E-state index in [9.17, 15) is 14.7 Å². The number of carbonyl (C=O) groups is 2. The lowest BCUT2D eigenvalue weighted by Gasteiger charge is -2.40. The lowest BCUT2D eigenvalue weighted by atomic mass is 9.78. The summed E-state index contributed by atoms with van der Waals surface area (Å²) in [7, 11) is 0. The third-order valence-electron chi connectivity index (χ3n) is 5.47. The average Bonchev–Trinajstić information content (AvgIpc) is 2.62. The van der Waals surface area contributed by atoms with Crippen molar-refractivity contribution in [3.8, 4) is 0 Å². The van der Waals surface area contributed by atoms with Gasteiger partial charge in [-0.3, -0.25) is 9.59 Å². The van der Waals surface area contributed by atoms with Crippen molar-refractivity contribution in [2.24, 2.45) is 5.92 Å². The molecular formula is C21H28O4. The van der Waals surface area contributed by atoms with E-state index in [0.717, 1.165) is 12.8 Å². The molecule has 0 saturated carbocycles.